The number of aromatic nitrogens is 1. The molecule has 6 nitrogen and oxygen atoms in total. The normalized spacial score (nSPS) is 9.33. The number of carbonyl (C=O) groups excluding carboxylic acids is 1. The molecule has 0 bridgehead atoms. The van der Waals surface area contributed by atoms with Gasteiger partial charge < -0.3 is 15.3 Å². The quantitative estimate of drug-likeness (QED) is 0.771. The highest BCUT2D eigenvalue weighted by molar-refractivity contribution is 5.89. The Morgan fingerprint density at radius 3 is 2.78 bits per heavy atom. The molecule has 0 spiro atoms. The van der Waals surface area contributed by atoms with Crippen molar-refractivity contribution in [2.75, 3.05) is 18.9 Å². The summed E-state index contributed by atoms with van der Waals surface area (Å²) in [6, 6.07) is 2.79. The summed E-state index contributed by atoms with van der Waals surface area (Å²) in [6.45, 7) is 0.205. The van der Waals surface area contributed by atoms with Crippen molar-refractivity contribution >= 4 is 17.7 Å². The number of nitrogens with one attached hydrogen (secondary N) is 1. The lowest BCUT2D eigenvalue weighted by Gasteiger charge is -2.14. The topological polar surface area (TPSA) is 82.5 Å². The number of hydrogen-bond donors (Lipinski definition) is 2. The number of anilines is 1. The van der Waals surface area contributed by atoms with Crippen molar-refractivity contribution in [2.24, 2.45) is 0 Å². The van der Waals surface area contributed by atoms with Crippen LogP contribution in [0.3, 0.4) is 0 Å². The van der Waals surface area contributed by atoms with Crippen LogP contribution in [0.1, 0.15) is 5.69 Å². The van der Waals surface area contributed by atoms with Crippen molar-refractivity contribution < 1.29 is 14.7 Å². The molecular weight excluding hydrogens is 234 g/mol. The fraction of sp³-hybridized carbons (Fsp3) is 0.250. The molecule has 18 heavy (non-hydrogen) atoms. The first-order valence-electron chi connectivity index (χ1n) is 5.15. The first kappa shape index (κ1) is 13.5. The number of rotatable bonds is 4. The highest BCUT2D eigenvalue weighted by Gasteiger charge is 2.08. The van der Waals surface area contributed by atoms with Gasteiger partial charge in [0.2, 0.25) is 0 Å². The molecular formula is C12H13N3O3. The first-order valence-corrected chi connectivity index (χ1v) is 5.15. The Labute approximate surface area is 105 Å². The van der Waals surface area contributed by atoms with Gasteiger partial charge in [-0.3, -0.25) is 9.78 Å². The van der Waals surface area contributed by atoms with Gasteiger partial charge in [0, 0.05) is 7.05 Å². The van der Waals surface area contributed by atoms with E-state index in [-0.39, 0.29) is 19.0 Å². The van der Waals surface area contributed by atoms with E-state index < -0.39 is 5.97 Å². The minimum Gasteiger partial charge on any atom is -0.481 e. The van der Waals surface area contributed by atoms with Gasteiger partial charge in [-0.2, -0.15) is 0 Å². The highest BCUT2D eigenvalue weighted by atomic mass is 16.4. The Bertz CT molecular complexity index is 476. The van der Waals surface area contributed by atoms with E-state index in [2.05, 4.69) is 16.2 Å². The van der Waals surface area contributed by atoms with Crippen LogP contribution in [0.25, 0.3) is 0 Å². The van der Waals surface area contributed by atoms with Crippen LogP contribution in [-0.2, 0) is 11.2 Å². The molecule has 0 aliphatic carbocycles. The van der Waals surface area contributed by atoms with E-state index in [0.29, 0.717) is 11.4 Å². The molecule has 1 aromatic heterocycles. The Morgan fingerprint density at radius 2 is 2.28 bits per heavy atom. The summed E-state index contributed by atoms with van der Waals surface area (Å²) >= 11 is 0. The van der Waals surface area contributed by atoms with Crippen LogP contribution in [0.2, 0.25) is 0 Å². The molecule has 6 heteroatoms. The number of nitrogens with zero attached hydrogens (tertiary/aromatic N) is 2. The standard InChI is InChI=1S/C12H13N3O3/c1-3-6-15(2)12(18)14-10-5-4-9(13-8-10)7-11(16)17/h1,4-5,8H,6-7H2,2H3,(H,14,18)(H,16,17). The number of terminal acetylenes is 1. The van der Waals surface area contributed by atoms with Gasteiger partial charge >= 0.3 is 12.0 Å². The minimum atomic E-state index is -0.951. The summed E-state index contributed by atoms with van der Waals surface area (Å²) < 4.78 is 0. The molecule has 1 rings (SSSR count). The second-order valence-electron chi connectivity index (χ2n) is 3.60. The van der Waals surface area contributed by atoms with Gasteiger partial charge in [-0.1, -0.05) is 5.92 Å². The van der Waals surface area contributed by atoms with Crippen molar-refractivity contribution in [3.05, 3.63) is 24.0 Å². The molecule has 2 N–H and O–H groups in total. The van der Waals surface area contributed by atoms with E-state index in [1.54, 1.807) is 19.2 Å². The van der Waals surface area contributed by atoms with E-state index in [4.69, 9.17) is 11.5 Å². The molecule has 0 fully saturated rings. The number of pyridine rings is 1. The third-order valence-corrected chi connectivity index (χ3v) is 2.08. The van der Waals surface area contributed by atoms with Crippen LogP contribution >= 0.6 is 0 Å². The van der Waals surface area contributed by atoms with Gasteiger partial charge in [0.05, 0.1) is 30.5 Å². The van der Waals surface area contributed by atoms with E-state index in [1.165, 1.54) is 11.1 Å². The maximum Gasteiger partial charge on any atom is 0.322 e. The van der Waals surface area contributed by atoms with Gasteiger partial charge in [-0.05, 0) is 12.1 Å². The zero-order chi connectivity index (χ0) is 13.5. The summed E-state index contributed by atoms with van der Waals surface area (Å²) in [7, 11) is 1.57. The van der Waals surface area contributed by atoms with Gasteiger partial charge in [-0.25, -0.2) is 4.79 Å². The lowest BCUT2D eigenvalue weighted by Crippen LogP contribution is -2.31. The number of carboxylic acids is 1. The molecule has 0 saturated carbocycles. The Hall–Kier alpha value is -2.55. The Morgan fingerprint density at radius 1 is 1.56 bits per heavy atom. The van der Waals surface area contributed by atoms with Gasteiger partial charge in [0.1, 0.15) is 0 Å². The van der Waals surface area contributed by atoms with Gasteiger partial charge in [0.15, 0.2) is 0 Å². The number of carbonyl (C=O) groups is 2. The van der Waals surface area contributed by atoms with Crippen LogP contribution in [0.5, 0.6) is 0 Å². The predicted octanol–water partition coefficient (Wildman–Crippen LogP) is 0.806. The second-order valence-corrected chi connectivity index (χ2v) is 3.60. The molecule has 0 atom stereocenters. The summed E-state index contributed by atoms with van der Waals surface area (Å²) in [4.78, 5) is 27.3. The van der Waals surface area contributed by atoms with Crippen molar-refractivity contribution in [2.45, 2.75) is 6.42 Å². The molecule has 0 unspecified atom stereocenters. The molecule has 2 amide bonds. The number of urea groups is 1. The second kappa shape index (κ2) is 6.25. The average Bonchev–Trinajstić information content (AvgIpc) is 2.31. The Balaban J connectivity index is 2.61. The molecule has 0 aliphatic heterocycles. The summed E-state index contributed by atoms with van der Waals surface area (Å²) in [5, 5.41) is 11.2. The molecule has 1 heterocycles. The van der Waals surface area contributed by atoms with Crippen LogP contribution < -0.4 is 5.32 Å². The minimum absolute atomic E-state index is 0.148. The first-order chi connectivity index (χ1) is 8.52. The summed E-state index contributed by atoms with van der Waals surface area (Å²) in [5.41, 5.74) is 0.912. The largest absolute Gasteiger partial charge is 0.481 e. The van der Waals surface area contributed by atoms with Crippen molar-refractivity contribution in [1.29, 1.82) is 0 Å². The molecule has 0 radical (unpaired) electrons. The number of carboxylic acid groups (broad SMARTS) is 1. The maximum absolute atomic E-state index is 11.6. The smallest absolute Gasteiger partial charge is 0.322 e. The van der Waals surface area contributed by atoms with E-state index in [0.717, 1.165) is 0 Å². The summed E-state index contributed by atoms with van der Waals surface area (Å²) in [5.74, 6) is 1.40. The van der Waals surface area contributed by atoms with Crippen molar-refractivity contribution in [3.63, 3.8) is 0 Å². The fourth-order valence-corrected chi connectivity index (χ4v) is 1.19. The highest BCUT2D eigenvalue weighted by Crippen LogP contribution is 2.07. The van der Waals surface area contributed by atoms with E-state index >= 15 is 0 Å². The number of hydrogen-bond acceptors (Lipinski definition) is 3. The molecule has 0 saturated heterocycles. The average molecular weight is 247 g/mol. The van der Waals surface area contributed by atoms with Crippen LogP contribution in [-0.4, -0.2) is 40.6 Å². The van der Waals surface area contributed by atoms with E-state index in [1.807, 2.05) is 0 Å². The predicted molar refractivity (Wildman–Crippen MR) is 66.1 cm³/mol. The maximum atomic E-state index is 11.6. The monoisotopic (exact) mass is 247 g/mol. The van der Waals surface area contributed by atoms with Gasteiger partial charge in [-0.15, -0.1) is 6.42 Å². The molecule has 0 aliphatic rings. The molecule has 0 aromatic carbocycles. The molecule has 1 aromatic rings. The summed E-state index contributed by atoms with van der Waals surface area (Å²) in [6.07, 6.45) is 6.34. The SMILES string of the molecule is C#CCN(C)C(=O)Nc1ccc(CC(=O)O)nc1. The lowest BCUT2D eigenvalue weighted by molar-refractivity contribution is -0.136. The zero-order valence-corrected chi connectivity index (χ0v) is 9.88. The lowest BCUT2D eigenvalue weighted by atomic mass is 10.2. The van der Waals surface area contributed by atoms with Crippen LogP contribution in [0, 0.1) is 12.3 Å². The zero-order valence-electron chi connectivity index (χ0n) is 9.88. The van der Waals surface area contributed by atoms with Crippen LogP contribution in [0.4, 0.5) is 10.5 Å². The number of amides is 2. The van der Waals surface area contributed by atoms with Crippen molar-refractivity contribution in [3.8, 4) is 12.3 Å². The number of aliphatic carboxylic acids is 1. The van der Waals surface area contributed by atoms with Crippen molar-refractivity contribution in [1.82, 2.24) is 9.88 Å². The van der Waals surface area contributed by atoms with Gasteiger partial charge in [0.25, 0.3) is 0 Å². The third kappa shape index (κ3) is 4.14. The van der Waals surface area contributed by atoms with Crippen LogP contribution in [0.15, 0.2) is 18.3 Å². The fourth-order valence-electron chi connectivity index (χ4n) is 1.19. The molecule has 94 valence electrons. The third-order valence-electron chi connectivity index (χ3n) is 2.08. The van der Waals surface area contributed by atoms with E-state index in [9.17, 15) is 9.59 Å². The Kier molecular flexibility index (Phi) is 4.69.